The molecular weight excluding hydrogens is 390 g/mol. The quantitative estimate of drug-likeness (QED) is 0.518. The molecule has 0 aliphatic heterocycles. The summed E-state index contributed by atoms with van der Waals surface area (Å²) < 4.78 is 11.4. The van der Waals surface area contributed by atoms with E-state index in [2.05, 4.69) is 24.0 Å². The van der Waals surface area contributed by atoms with Gasteiger partial charge in [0.1, 0.15) is 16.6 Å². The van der Waals surface area contributed by atoms with Gasteiger partial charge in [-0.15, -0.1) is 0 Å². The fourth-order valence-corrected chi connectivity index (χ4v) is 4.49. The molecule has 29 heavy (non-hydrogen) atoms. The summed E-state index contributed by atoms with van der Waals surface area (Å²) in [5, 5.41) is 3.23. The van der Waals surface area contributed by atoms with Gasteiger partial charge in [0.15, 0.2) is 5.65 Å². The number of aryl methyl sites for hydroxylation is 2. The summed E-state index contributed by atoms with van der Waals surface area (Å²) in [7, 11) is 1.58. The van der Waals surface area contributed by atoms with E-state index < -0.39 is 11.1 Å². The van der Waals surface area contributed by atoms with Crippen LogP contribution in [0, 0.1) is 6.92 Å². The summed E-state index contributed by atoms with van der Waals surface area (Å²) in [5.41, 5.74) is 3.41. The molecule has 3 heterocycles. The standard InChI is InChI=1S/C19H19N7O2S/c1-10-7-13-14(24-29-23-13)8-12(10)21-19-20-9-15-16(22-19)26(11-5-3-4-6-11)18(28)17(27)25(15)2/h7-9,11H,3-6H2,1-2H3,(H,20,21,22). The predicted molar refractivity (Wildman–Crippen MR) is 112 cm³/mol. The number of anilines is 2. The summed E-state index contributed by atoms with van der Waals surface area (Å²) in [6.45, 7) is 1.97. The summed E-state index contributed by atoms with van der Waals surface area (Å²) in [4.78, 5) is 34.2. The Morgan fingerprint density at radius 3 is 2.59 bits per heavy atom. The molecule has 0 radical (unpaired) electrons. The molecular formula is C19H19N7O2S. The molecule has 1 fully saturated rings. The number of hydrogen-bond acceptors (Lipinski definition) is 8. The van der Waals surface area contributed by atoms with E-state index >= 15 is 0 Å². The van der Waals surface area contributed by atoms with E-state index in [-0.39, 0.29) is 6.04 Å². The maximum absolute atomic E-state index is 12.8. The van der Waals surface area contributed by atoms with Gasteiger partial charge in [-0.3, -0.25) is 14.2 Å². The maximum Gasteiger partial charge on any atom is 0.318 e. The van der Waals surface area contributed by atoms with Crippen molar-refractivity contribution in [1.82, 2.24) is 27.8 Å². The summed E-state index contributed by atoms with van der Waals surface area (Å²) in [6, 6.07) is 3.87. The Morgan fingerprint density at radius 1 is 1.10 bits per heavy atom. The lowest BCUT2D eigenvalue weighted by atomic mass is 10.2. The average Bonchev–Trinajstić information content (AvgIpc) is 3.39. The predicted octanol–water partition coefficient (Wildman–Crippen LogP) is 2.66. The first-order valence-corrected chi connectivity index (χ1v) is 10.2. The van der Waals surface area contributed by atoms with Crippen LogP contribution in [0.15, 0.2) is 27.9 Å². The Hall–Kier alpha value is -3.14. The van der Waals surface area contributed by atoms with E-state index in [1.54, 1.807) is 17.8 Å². The highest BCUT2D eigenvalue weighted by atomic mass is 32.1. The van der Waals surface area contributed by atoms with Gasteiger partial charge in [-0.1, -0.05) is 12.8 Å². The number of benzene rings is 1. The highest BCUT2D eigenvalue weighted by Crippen LogP contribution is 2.30. The Morgan fingerprint density at radius 2 is 1.83 bits per heavy atom. The first-order valence-electron chi connectivity index (χ1n) is 9.51. The molecule has 1 N–H and O–H groups in total. The van der Waals surface area contributed by atoms with Crippen LogP contribution in [0.2, 0.25) is 0 Å². The fourth-order valence-electron chi connectivity index (χ4n) is 3.98. The van der Waals surface area contributed by atoms with Crippen LogP contribution in [0.3, 0.4) is 0 Å². The fraction of sp³-hybridized carbons (Fsp3) is 0.368. The van der Waals surface area contributed by atoms with Crippen LogP contribution in [-0.2, 0) is 7.05 Å². The van der Waals surface area contributed by atoms with Crippen LogP contribution >= 0.6 is 11.7 Å². The van der Waals surface area contributed by atoms with Gasteiger partial charge in [-0.05, 0) is 37.5 Å². The van der Waals surface area contributed by atoms with Crippen molar-refractivity contribution in [2.24, 2.45) is 7.05 Å². The Balaban J connectivity index is 1.66. The third-order valence-corrected chi connectivity index (χ3v) is 6.14. The summed E-state index contributed by atoms with van der Waals surface area (Å²) in [5.74, 6) is 0.368. The zero-order valence-electron chi connectivity index (χ0n) is 16.0. The van der Waals surface area contributed by atoms with Gasteiger partial charge >= 0.3 is 11.1 Å². The van der Waals surface area contributed by atoms with Crippen molar-refractivity contribution in [3.8, 4) is 0 Å². The van der Waals surface area contributed by atoms with Gasteiger partial charge in [-0.25, -0.2) is 4.98 Å². The van der Waals surface area contributed by atoms with Crippen molar-refractivity contribution < 1.29 is 0 Å². The highest BCUT2D eigenvalue weighted by Gasteiger charge is 2.23. The molecule has 148 valence electrons. The van der Waals surface area contributed by atoms with Crippen LogP contribution in [0.1, 0.15) is 37.3 Å². The zero-order chi connectivity index (χ0) is 20.1. The van der Waals surface area contributed by atoms with Crippen molar-refractivity contribution in [3.63, 3.8) is 0 Å². The smallest absolute Gasteiger partial charge is 0.318 e. The van der Waals surface area contributed by atoms with Crippen molar-refractivity contribution in [2.45, 2.75) is 38.6 Å². The second-order valence-electron chi connectivity index (χ2n) is 7.43. The van der Waals surface area contributed by atoms with Crippen molar-refractivity contribution in [3.05, 3.63) is 44.6 Å². The normalized spacial score (nSPS) is 14.8. The molecule has 1 aliphatic rings. The molecule has 0 unspecified atom stereocenters. The lowest BCUT2D eigenvalue weighted by Gasteiger charge is -2.17. The molecule has 3 aromatic heterocycles. The van der Waals surface area contributed by atoms with E-state index in [4.69, 9.17) is 0 Å². The first kappa shape index (κ1) is 17.9. The second-order valence-corrected chi connectivity index (χ2v) is 7.95. The number of fused-ring (bicyclic) bond motifs is 2. The highest BCUT2D eigenvalue weighted by molar-refractivity contribution is 7.00. The molecule has 9 nitrogen and oxygen atoms in total. The second kappa shape index (κ2) is 6.73. The van der Waals surface area contributed by atoms with E-state index in [1.165, 1.54) is 16.3 Å². The minimum Gasteiger partial charge on any atom is -0.324 e. The molecule has 1 aromatic carbocycles. The molecule has 10 heteroatoms. The topological polar surface area (TPSA) is 108 Å². The lowest BCUT2D eigenvalue weighted by Crippen LogP contribution is -2.42. The zero-order valence-corrected chi connectivity index (χ0v) is 16.9. The summed E-state index contributed by atoms with van der Waals surface area (Å²) >= 11 is 1.17. The van der Waals surface area contributed by atoms with Crippen LogP contribution < -0.4 is 16.4 Å². The number of nitrogens with zero attached hydrogens (tertiary/aromatic N) is 6. The van der Waals surface area contributed by atoms with Crippen LogP contribution in [-0.4, -0.2) is 27.8 Å². The van der Waals surface area contributed by atoms with Gasteiger partial charge in [0.25, 0.3) is 0 Å². The lowest BCUT2D eigenvalue weighted by molar-refractivity contribution is 0.507. The minimum absolute atomic E-state index is 0.000756. The molecule has 0 saturated heterocycles. The third-order valence-electron chi connectivity index (χ3n) is 5.58. The first-order chi connectivity index (χ1) is 14.0. The van der Waals surface area contributed by atoms with E-state index in [9.17, 15) is 9.59 Å². The van der Waals surface area contributed by atoms with Gasteiger partial charge in [0.05, 0.1) is 17.9 Å². The monoisotopic (exact) mass is 409 g/mol. The molecule has 0 atom stereocenters. The summed E-state index contributed by atoms with van der Waals surface area (Å²) in [6.07, 6.45) is 5.44. The number of nitrogens with one attached hydrogen (secondary N) is 1. The van der Waals surface area contributed by atoms with E-state index in [1.807, 2.05) is 19.1 Å². The molecule has 1 aliphatic carbocycles. The van der Waals surface area contributed by atoms with Gasteiger partial charge < -0.3 is 9.88 Å². The van der Waals surface area contributed by atoms with Gasteiger partial charge in [0, 0.05) is 18.8 Å². The molecule has 1 saturated carbocycles. The largest absolute Gasteiger partial charge is 0.324 e. The molecule has 0 spiro atoms. The Bertz CT molecular complexity index is 1360. The maximum atomic E-state index is 12.8. The van der Waals surface area contributed by atoms with Crippen LogP contribution in [0.25, 0.3) is 22.2 Å². The van der Waals surface area contributed by atoms with Crippen molar-refractivity contribution in [1.29, 1.82) is 0 Å². The molecule has 0 bridgehead atoms. The average molecular weight is 409 g/mol. The van der Waals surface area contributed by atoms with E-state index in [0.717, 1.165) is 48.0 Å². The van der Waals surface area contributed by atoms with Crippen molar-refractivity contribution >= 4 is 45.6 Å². The number of aromatic nitrogens is 6. The molecule has 5 rings (SSSR count). The molecule has 0 amide bonds. The Kier molecular flexibility index (Phi) is 4.16. The number of rotatable bonds is 3. The van der Waals surface area contributed by atoms with Crippen LogP contribution in [0.5, 0.6) is 0 Å². The van der Waals surface area contributed by atoms with Crippen LogP contribution in [0.4, 0.5) is 11.6 Å². The number of hydrogen-bond donors (Lipinski definition) is 1. The van der Waals surface area contributed by atoms with Gasteiger partial charge in [-0.2, -0.15) is 13.7 Å². The van der Waals surface area contributed by atoms with E-state index in [0.29, 0.717) is 17.1 Å². The minimum atomic E-state index is -0.550. The third kappa shape index (κ3) is 2.91. The van der Waals surface area contributed by atoms with Crippen molar-refractivity contribution in [2.75, 3.05) is 5.32 Å². The van der Waals surface area contributed by atoms with Gasteiger partial charge in [0.2, 0.25) is 5.95 Å². The SMILES string of the molecule is Cc1cc2nsnc2cc1Nc1ncc2c(n1)n(C1CCCC1)c(=O)c(=O)n2C. The molecule has 4 aromatic rings. The Labute approximate surface area is 169 Å².